The molecule has 0 fully saturated rings. The minimum atomic E-state index is -3.34. The first-order valence-electron chi connectivity index (χ1n) is 5.77. The number of nitrogen functional groups attached to an aromatic ring is 1. The van der Waals surface area contributed by atoms with E-state index in [1.807, 2.05) is 13.0 Å². The van der Waals surface area contributed by atoms with Crippen LogP contribution < -0.4 is 11.5 Å². The maximum atomic E-state index is 11.8. The van der Waals surface area contributed by atoms with E-state index in [2.05, 4.69) is 4.98 Å². The number of aromatic nitrogens is 1. The lowest BCUT2D eigenvalue weighted by atomic mass is 10.2. The zero-order valence-electron chi connectivity index (χ0n) is 10.6. The van der Waals surface area contributed by atoms with Crippen molar-refractivity contribution in [1.29, 1.82) is 0 Å². The second-order valence-electron chi connectivity index (χ2n) is 4.17. The molecule has 0 amide bonds. The fourth-order valence-electron chi connectivity index (χ4n) is 1.38. The summed E-state index contributed by atoms with van der Waals surface area (Å²) in [5.74, 6) is 0.0486. The topological polar surface area (TPSA) is 99.1 Å². The summed E-state index contributed by atoms with van der Waals surface area (Å²) in [7, 11) is -3.34. The fourth-order valence-corrected chi connectivity index (χ4v) is 2.38. The average molecular weight is 269 g/mol. The lowest BCUT2D eigenvalue weighted by Crippen LogP contribution is -2.12. The molecule has 18 heavy (non-hydrogen) atoms. The standard InChI is InChI=1S/C12H19N3O2S/c1-3-18(16,17)11-7-10(8-15-12(11)14)6-4-5-9(2)13/h4,6-9H,3,5,13H2,1-2H3,(H2,14,15)/b6-4+/t9-/m0/s1. The van der Waals surface area contributed by atoms with Crippen molar-refractivity contribution in [3.8, 4) is 0 Å². The number of rotatable bonds is 5. The van der Waals surface area contributed by atoms with Crippen LogP contribution in [0.1, 0.15) is 25.8 Å². The molecule has 0 spiro atoms. The van der Waals surface area contributed by atoms with E-state index in [-0.39, 0.29) is 22.5 Å². The third-order valence-electron chi connectivity index (χ3n) is 2.44. The van der Waals surface area contributed by atoms with Crippen LogP contribution in [0.2, 0.25) is 0 Å². The van der Waals surface area contributed by atoms with E-state index in [0.29, 0.717) is 5.56 Å². The van der Waals surface area contributed by atoms with Crippen LogP contribution in [0.25, 0.3) is 6.08 Å². The van der Waals surface area contributed by atoms with E-state index in [9.17, 15) is 8.42 Å². The van der Waals surface area contributed by atoms with Gasteiger partial charge in [0.2, 0.25) is 0 Å². The molecule has 1 rings (SSSR count). The third kappa shape index (κ3) is 3.82. The lowest BCUT2D eigenvalue weighted by molar-refractivity contribution is 0.597. The molecule has 0 bridgehead atoms. The maximum absolute atomic E-state index is 11.8. The Kier molecular flexibility index (Phi) is 4.86. The highest BCUT2D eigenvalue weighted by Crippen LogP contribution is 2.19. The number of nitrogens with two attached hydrogens (primary N) is 2. The van der Waals surface area contributed by atoms with Gasteiger partial charge in [-0.25, -0.2) is 13.4 Å². The molecular weight excluding hydrogens is 250 g/mol. The maximum Gasteiger partial charge on any atom is 0.181 e. The number of hydrogen-bond acceptors (Lipinski definition) is 5. The van der Waals surface area contributed by atoms with Crippen molar-refractivity contribution in [2.45, 2.75) is 31.2 Å². The molecule has 0 saturated carbocycles. The molecule has 1 heterocycles. The number of pyridine rings is 1. The van der Waals surface area contributed by atoms with Gasteiger partial charge in [0.15, 0.2) is 9.84 Å². The molecule has 0 radical (unpaired) electrons. The Labute approximate surface area is 108 Å². The van der Waals surface area contributed by atoms with E-state index in [4.69, 9.17) is 11.5 Å². The van der Waals surface area contributed by atoms with Crippen LogP contribution in [-0.4, -0.2) is 25.2 Å². The Hall–Kier alpha value is -1.40. The van der Waals surface area contributed by atoms with Crippen molar-refractivity contribution >= 4 is 21.7 Å². The van der Waals surface area contributed by atoms with Crippen LogP contribution >= 0.6 is 0 Å². The molecule has 4 N–H and O–H groups in total. The van der Waals surface area contributed by atoms with Crippen LogP contribution in [0.5, 0.6) is 0 Å². The number of nitrogens with zero attached hydrogens (tertiary/aromatic N) is 1. The SMILES string of the molecule is CCS(=O)(=O)c1cc(/C=C/C[C@H](C)N)cnc1N. The molecule has 1 aromatic rings. The Morgan fingerprint density at radius 3 is 2.72 bits per heavy atom. The second kappa shape index (κ2) is 5.97. The van der Waals surface area contributed by atoms with Gasteiger partial charge in [-0.05, 0) is 25.0 Å². The summed E-state index contributed by atoms with van der Waals surface area (Å²) in [6.45, 7) is 3.48. The molecule has 0 aromatic carbocycles. The van der Waals surface area contributed by atoms with Gasteiger partial charge in [-0.3, -0.25) is 0 Å². The first-order valence-corrected chi connectivity index (χ1v) is 7.42. The zero-order valence-corrected chi connectivity index (χ0v) is 11.4. The van der Waals surface area contributed by atoms with E-state index < -0.39 is 9.84 Å². The summed E-state index contributed by atoms with van der Waals surface area (Å²) in [6.07, 6.45) is 5.95. The largest absolute Gasteiger partial charge is 0.383 e. The fraction of sp³-hybridized carbons (Fsp3) is 0.417. The predicted octanol–water partition coefficient (Wildman–Crippen LogP) is 1.21. The van der Waals surface area contributed by atoms with Crippen molar-refractivity contribution in [3.05, 3.63) is 23.9 Å². The quantitative estimate of drug-likeness (QED) is 0.837. The third-order valence-corrected chi connectivity index (χ3v) is 4.19. The van der Waals surface area contributed by atoms with Crippen molar-refractivity contribution in [2.24, 2.45) is 5.73 Å². The average Bonchev–Trinajstić information content (AvgIpc) is 2.30. The highest BCUT2D eigenvalue weighted by Gasteiger charge is 2.16. The summed E-state index contributed by atoms with van der Waals surface area (Å²) in [5.41, 5.74) is 11.9. The predicted molar refractivity (Wildman–Crippen MR) is 73.7 cm³/mol. The molecule has 5 nitrogen and oxygen atoms in total. The van der Waals surface area contributed by atoms with E-state index in [1.165, 1.54) is 0 Å². The van der Waals surface area contributed by atoms with Crippen LogP contribution in [0.3, 0.4) is 0 Å². The minimum absolute atomic E-state index is 0.00584. The van der Waals surface area contributed by atoms with Gasteiger partial charge in [-0.15, -0.1) is 0 Å². The van der Waals surface area contributed by atoms with Gasteiger partial charge in [0, 0.05) is 12.2 Å². The monoisotopic (exact) mass is 269 g/mol. The molecule has 100 valence electrons. The summed E-state index contributed by atoms with van der Waals surface area (Å²) in [4.78, 5) is 4.00. The number of anilines is 1. The number of sulfone groups is 1. The highest BCUT2D eigenvalue weighted by atomic mass is 32.2. The van der Waals surface area contributed by atoms with E-state index >= 15 is 0 Å². The normalized spacial score (nSPS) is 13.9. The molecule has 0 aliphatic heterocycles. The van der Waals surface area contributed by atoms with Gasteiger partial charge in [-0.2, -0.15) is 0 Å². The van der Waals surface area contributed by atoms with Crippen LogP contribution in [0, 0.1) is 0 Å². The van der Waals surface area contributed by atoms with Gasteiger partial charge >= 0.3 is 0 Å². The van der Waals surface area contributed by atoms with E-state index in [1.54, 1.807) is 25.3 Å². The zero-order chi connectivity index (χ0) is 13.8. The Morgan fingerprint density at radius 2 is 2.17 bits per heavy atom. The molecule has 1 atom stereocenters. The van der Waals surface area contributed by atoms with Crippen LogP contribution in [0.15, 0.2) is 23.2 Å². The summed E-state index contributed by atoms with van der Waals surface area (Å²) < 4.78 is 23.6. The molecule has 0 aliphatic rings. The second-order valence-corrected chi connectivity index (χ2v) is 6.42. The number of hydrogen-bond donors (Lipinski definition) is 2. The molecule has 6 heteroatoms. The molecule has 0 saturated heterocycles. The van der Waals surface area contributed by atoms with Gasteiger partial charge in [0.25, 0.3) is 0 Å². The summed E-state index contributed by atoms with van der Waals surface area (Å²) in [6, 6.07) is 1.61. The molecule has 0 unspecified atom stereocenters. The summed E-state index contributed by atoms with van der Waals surface area (Å²) in [5, 5.41) is 0. The lowest BCUT2D eigenvalue weighted by Gasteiger charge is -2.05. The van der Waals surface area contributed by atoms with Crippen molar-refractivity contribution < 1.29 is 8.42 Å². The van der Waals surface area contributed by atoms with Crippen LogP contribution in [0.4, 0.5) is 5.82 Å². The molecule has 0 aliphatic carbocycles. The minimum Gasteiger partial charge on any atom is -0.383 e. The van der Waals surface area contributed by atoms with Gasteiger partial charge in [-0.1, -0.05) is 19.1 Å². The molecule has 1 aromatic heterocycles. The van der Waals surface area contributed by atoms with Crippen molar-refractivity contribution in [3.63, 3.8) is 0 Å². The Morgan fingerprint density at radius 1 is 1.50 bits per heavy atom. The van der Waals surface area contributed by atoms with Gasteiger partial charge in [0.1, 0.15) is 10.7 Å². The molecular formula is C12H19N3O2S. The van der Waals surface area contributed by atoms with Crippen molar-refractivity contribution in [2.75, 3.05) is 11.5 Å². The summed E-state index contributed by atoms with van der Waals surface area (Å²) >= 11 is 0. The Bertz CT molecular complexity index is 536. The first-order chi connectivity index (χ1) is 8.36. The van der Waals surface area contributed by atoms with Crippen LogP contribution in [-0.2, 0) is 9.84 Å². The van der Waals surface area contributed by atoms with Gasteiger partial charge < -0.3 is 11.5 Å². The van der Waals surface area contributed by atoms with E-state index in [0.717, 1.165) is 6.42 Å². The van der Waals surface area contributed by atoms with Gasteiger partial charge in [0.05, 0.1) is 5.75 Å². The Balaban J connectivity index is 3.06. The smallest absolute Gasteiger partial charge is 0.181 e. The highest BCUT2D eigenvalue weighted by molar-refractivity contribution is 7.91. The first kappa shape index (κ1) is 14.7. The van der Waals surface area contributed by atoms with Crippen molar-refractivity contribution in [1.82, 2.24) is 4.98 Å².